The Labute approximate surface area is 150 Å². The number of hydrogen-bond donors (Lipinski definition) is 1. The number of carbonyl (C=O) groups is 1. The number of halogens is 4. The minimum Gasteiger partial charge on any atom is -0.474 e. The number of rotatable bonds is 5. The maximum atomic E-state index is 12.7. The number of hydrogen-bond acceptors (Lipinski definition) is 4. The van der Waals surface area contributed by atoms with Crippen molar-refractivity contribution in [2.75, 3.05) is 5.32 Å². The van der Waals surface area contributed by atoms with Gasteiger partial charge in [-0.25, -0.2) is 0 Å². The molecule has 2 aromatic carbocycles. The van der Waals surface area contributed by atoms with E-state index in [2.05, 4.69) is 5.32 Å². The number of nitrogens with zero attached hydrogens (tertiary/aromatic N) is 1. The molecule has 2 rings (SSSR count). The van der Waals surface area contributed by atoms with E-state index in [1.54, 1.807) is 0 Å². The Bertz CT molecular complexity index is 842. The molecule has 0 fully saturated rings. The molecule has 1 atom stereocenters. The van der Waals surface area contributed by atoms with Crippen LogP contribution >= 0.6 is 11.6 Å². The van der Waals surface area contributed by atoms with E-state index in [0.717, 1.165) is 24.3 Å². The molecule has 0 unspecified atom stereocenters. The second kappa shape index (κ2) is 7.61. The van der Waals surface area contributed by atoms with Crippen molar-refractivity contribution in [2.24, 2.45) is 0 Å². The number of nitro groups is 1. The van der Waals surface area contributed by atoms with Crippen LogP contribution < -0.4 is 10.1 Å². The van der Waals surface area contributed by atoms with Gasteiger partial charge < -0.3 is 10.1 Å². The van der Waals surface area contributed by atoms with Crippen molar-refractivity contribution in [1.29, 1.82) is 0 Å². The van der Waals surface area contributed by atoms with Gasteiger partial charge in [0.25, 0.3) is 5.91 Å². The third-order valence-electron chi connectivity index (χ3n) is 3.25. The molecule has 138 valence electrons. The molecule has 0 aliphatic rings. The lowest BCUT2D eigenvalue weighted by Gasteiger charge is -2.15. The van der Waals surface area contributed by atoms with E-state index in [-0.39, 0.29) is 16.5 Å². The molecule has 0 saturated carbocycles. The number of alkyl halides is 3. The summed E-state index contributed by atoms with van der Waals surface area (Å²) in [6.07, 6.45) is -5.75. The topological polar surface area (TPSA) is 81.5 Å². The van der Waals surface area contributed by atoms with Gasteiger partial charge in [0.15, 0.2) is 11.9 Å². The Kier molecular flexibility index (Phi) is 5.71. The molecule has 0 aliphatic carbocycles. The van der Waals surface area contributed by atoms with Gasteiger partial charge in [0, 0.05) is 16.8 Å². The molecule has 1 amide bonds. The molecule has 6 nitrogen and oxygen atoms in total. The fourth-order valence-corrected chi connectivity index (χ4v) is 2.16. The second-order valence-corrected chi connectivity index (χ2v) is 5.63. The van der Waals surface area contributed by atoms with Crippen LogP contribution in [0.3, 0.4) is 0 Å². The highest BCUT2D eigenvalue weighted by Gasteiger charge is 2.30. The average molecular weight is 389 g/mol. The highest BCUT2D eigenvalue weighted by Crippen LogP contribution is 2.32. The number of anilines is 1. The predicted molar refractivity (Wildman–Crippen MR) is 88.3 cm³/mol. The van der Waals surface area contributed by atoms with E-state index < -0.39 is 34.4 Å². The van der Waals surface area contributed by atoms with Gasteiger partial charge in [-0.1, -0.05) is 17.7 Å². The highest BCUT2D eigenvalue weighted by molar-refractivity contribution is 6.30. The highest BCUT2D eigenvalue weighted by atomic mass is 35.5. The summed E-state index contributed by atoms with van der Waals surface area (Å²) < 4.78 is 43.3. The van der Waals surface area contributed by atoms with Crippen molar-refractivity contribution in [2.45, 2.75) is 19.2 Å². The molecule has 0 bridgehead atoms. The fourth-order valence-electron chi connectivity index (χ4n) is 1.99. The largest absolute Gasteiger partial charge is 0.474 e. The van der Waals surface area contributed by atoms with E-state index >= 15 is 0 Å². The third kappa shape index (κ3) is 4.85. The summed E-state index contributed by atoms with van der Waals surface area (Å²) in [6, 6.07) is 7.71. The smallest absolute Gasteiger partial charge is 0.416 e. The first-order valence-electron chi connectivity index (χ1n) is 7.16. The number of nitrogens with one attached hydrogen (secondary N) is 1. The van der Waals surface area contributed by atoms with Crippen LogP contribution in [0.2, 0.25) is 5.02 Å². The van der Waals surface area contributed by atoms with Crippen LogP contribution in [0.4, 0.5) is 24.5 Å². The number of benzene rings is 2. The molecule has 0 saturated heterocycles. The minimum absolute atomic E-state index is 0.0779. The SMILES string of the molecule is C[C@@H](Oc1ccc(Cl)cc1[N+](=O)[O-])C(=O)Nc1cccc(C(F)(F)F)c1. The molecule has 2 aromatic rings. The lowest BCUT2D eigenvalue weighted by molar-refractivity contribution is -0.386. The summed E-state index contributed by atoms with van der Waals surface area (Å²) in [5, 5.41) is 13.4. The molecular formula is C16H12ClF3N2O4. The lowest BCUT2D eigenvalue weighted by atomic mass is 10.2. The lowest BCUT2D eigenvalue weighted by Crippen LogP contribution is -2.30. The number of ether oxygens (including phenoxy) is 1. The summed E-state index contributed by atoms with van der Waals surface area (Å²) in [4.78, 5) is 22.4. The van der Waals surface area contributed by atoms with E-state index in [1.807, 2.05) is 0 Å². The first kappa shape index (κ1) is 19.5. The molecule has 0 aromatic heterocycles. The molecule has 1 N–H and O–H groups in total. The number of carbonyl (C=O) groups excluding carboxylic acids is 1. The van der Waals surface area contributed by atoms with Gasteiger partial charge in [-0.3, -0.25) is 14.9 Å². The molecular weight excluding hydrogens is 377 g/mol. The van der Waals surface area contributed by atoms with Gasteiger partial charge in [-0.05, 0) is 37.3 Å². The zero-order valence-electron chi connectivity index (χ0n) is 13.2. The van der Waals surface area contributed by atoms with Crippen LogP contribution in [-0.2, 0) is 11.0 Å². The van der Waals surface area contributed by atoms with Gasteiger partial charge in [-0.2, -0.15) is 13.2 Å². The van der Waals surface area contributed by atoms with E-state index in [1.165, 1.54) is 25.1 Å². The minimum atomic E-state index is -4.55. The summed E-state index contributed by atoms with van der Waals surface area (Å²) in [7, 11) is 0. The van der Waals surface area contributed by atoms with Crippen LogP contribution in [0.15, 0.2) is 42.5 Å². The first-order valence-corrected chi connectivity index (χ1v) is 7.54. The van der Waals surface area contributed by atoms with Gasteiger partial charge in [0.1, 0.15) is 0 Å². The van der Waals surface area contributed by atoms with Crippen molar-refractivity contribution >= 4 is 28.9 Å². The van der Waals surface area contributed by atoms with Crippen LogP contribution in [0.5, 0.6) is 5.75 Å². The third-order valence-corrected chi connectivity index (χ3v) is 3.48. The Morgan fingerprint density at radius 2 is 1.96 bits per heavy atom. The molecule has 0 heterocycles. The molecule has 26 heavy (non-hydrogen) atoms. The first-order chi connectivity index (χ1) is 12.1. The zero-order chi connectivity index (χ0) is 19.5. The monoisotopic (exact) mass is 388 g/mol. The summed E-state index contributed by atoms with van der Waals surface area (Å²) in [6.45, 7) is 1.31. The quantitative estimate of drug-likeness (QED) is 0.596. The molecule has 0 spiro atoms. The Morgan fingerprint density at radius 1 is 1.27 bits per heavy atom. The summed E-state index contributed by atoms with van der Waals surface area (Å²) >= 11 is 5.69. The zero-order valence-corrected chi connectivity index (χ0v) is 14.0. The second-order valence-electron chi connectivity index (χ2n) is 5.20. The van der Waals surface area contributed by atoms with Crippen LogP contribution in [0, 0.1) is 10.1 Å². The van der Waals surface area contributed by atoms with Crippen LogP contribution in [0.25, 0.3) is 0 Å². The summed E-state index contributed by atoms with van der Waals surface area (Å²) in [5.74, 6) is -0.959. The Hall–Kier alpha value is -2.81. The average Bonchev–Trinajstić information content (AvgIpc) is 2.55. The predicted octanol–water partition coefficient (Wildman–Crippen LogP) is 4.67. The maximum absolute atomic E-state index is 12.7. The molecule has 0 aliphatic heterocycles. The van der Waals surface area contributed by atoms with E-state index in [4.69, 9.17) is 16.3 Å². The van der Waals surface area contributed by atoms with Crippen molar-refractivity contribution < 1.29 is 27.6 Å². The van der Waals surface area contributed by atoms with Crippen LogP contribution in [-0.4, -0.2) is 16.9 Å². The van der Waals surface area contributed by atoms with Gasteiger partial charge in [0.2, 0.25) is 0 Å². The van der Waals surface area contributed by atoms with Gasteiger partial charge >= 0.3 is 11.9 Å². The van der Waals surface area contributed by atoms with Crippen molar-refractivity contribution in [1.82, 2.24) is 0 Å². The maximum Gasteiger partial charge on any atom is 0.416 e. The molecule has 0 radical (unpaired) electrons. The fraction of sp³-hybridized carbons (Fsp3) is 0.188. The normalized spacial score (nSPS) is 12.3. The number of amides is 1. The number of nitro benzene ring substituents is 1. The van der Waals surface area contributed by atoms with Gasteiger partial charge in [0.05, 0.1) is 10.5 Å². The van der Waals surface area contributed by atoms with E-state index in [9.17, 15) is 28.1 Å². The Morgan fingerprint density at radius 3 is 2.58 bits per heavy atom. The Balaban J connectivity index is 2.13. The van der Waals surface area contributed by atoms with E-state index in [0.29, 0.717) is 0 Å². The van der Waals surface area contributed by atoms with Crippen molar-refractivity contribution in [3.05, 3.63) is 63.2 Å². The molecule has 10 heteroatoms. The van der Waals surface area contributed by atoms with Crippen molar-refractivity contribution in [3.63, 3.8) is 0 Å². The van der Waals surface area contributed by atoms with Gasteiger partial charge in [-0.15, -0.1) is 0 Å². The van der Waals surface area contributed by atoms with Crippen molar-refractivity contribution in [3.8, 4) is 5.75 Å². The van der Waals surface area contributed by atoms with Crippen LogP contribution in [0.1, 0.15) is 12.5 Å². The summed E-state index contributed by atoms with van der Waals surface area (Å²) in [5.41, 5.74) is -1.43. The standard InChI is InChI=1S/C16H12ClF3N2O4/c1-9(26-14-6-5-11(17)8-13(14)22(24)25)15(23)21-12-4-2-3-10(7-12)16(18,19)20/h2-9H,1H3,(H,21,23)/t9-/m1/s1.